The van der Waals surface area contributed by atoms with E-state index in [0.717, 1.165) is 12.1 Å². The second-order valence-corrected chi connectivity index (χ2v) is 4.50. The molecule has 0 saturated heterocycles. The van der Waals surface area contributed by atoms with Crippen molar-refractivity contribution >= 4 is 21.7 Å². The van der Waals surface area contributed by atoms with Crippen molar-refractivity contribution in [3.63, 3.8) is 0 Å². The fourth-order valence-electron chi connectivity index (χ4n) is 1.38. The van der Waals surface area contributed by atoms with Crippen LogP contribution in [0, 0.1) is 5.92 Å². The fourth-order valence-corrected chi connectivity index (χ4v) is 2.07. The molecule has 68 valence electrons. The van der Waals surface area contributed by atoms with Gasteiger partial charge in [-0.25, -0.2) is 9.97 Å². The van der Waals surface area contributed by atoms with E-state index in [-0.39, 0.29) is 0 Å². The van der Waals surface area contributed by atoms with Crippen molar-refractivity contribution < 1.29 is 0 Å². The molecule has 2 aromatic rings. The van der Waals surface area contributed by atoms with Crippen molar-refractivity contribution in [2.24, 2.45) is 5.92 Å². The number of fused-ring (bicyclic) bond motifs is 1. The number of nitrogens with zero attached hydrogens (tertiary/aromatic N) is 2. The van der Waals surface area contributed by atoms with E-state index in [9.17, 15) is 0 Å². The Bertz CT molecular complexity index is 406. The van der Waals surface area contributed by atoms with Gasteiger partial charge in [0.1, 0.15) is 0 Å². The molecule has 0 spiro atoms. The van der Waals surface area contributed by atoms with Crippen molar-refractivity contribution in [3.8, 4) is 0 Å². The molecule has 0 N–H and O–H groups in total. The molecule has 0 aromatic carbocycles. The minimum Gasteiger partial charge on any atom is -0.236 e. The summed E-state index contributed by atoms with van der Waals surface area (Å²) in [6.07, 6.45) is 3.03. The Morgan fingerprint density at radius 2 is 2.23 bits per heavy atom. The van der Waals surface area contributed by atoms with Crippen molar-refractivity contribution in [1.29, 1.82) is 0 Å². The van der Waals surface area contributed by atoms with Crippen molar-refractivity contribution in [1.82, 2.24) is 9.97 Å². The van der Waals surface area contributed by atoms with Crippen LogP contribution in [0.15, 0.2) is 17.8 Å². The lowest BCUT2D eigenvalue weighted by molar-refractivity contribution is 0.646. The summed E-state index contributed by atoms with van der Waals surface area (Å²) in [5.74, 6) is 0.687. The first kappa shape index (κ1) is 8.63. The van der Waals surface area contributed by atoms with Crippen LogP contribution in [0.2, 0.25) is 0 Å². The third-order valence-electron chi connectivity index (χ3n) is 1.89. The largest absolute Gasteiger partial charge is 0.236 e. The Hall–Kier alpha value is -0.960. The van der Waals surface area contributed by atoms with Gasteiger partial charge in [0.15, 0.2) is 5.65 Å². The molecule has 0 unspecified atom stereocenters. The van der Waals surface area contributed by atoms with Gasteiger partial charge in [-0.3, -0.25) is 0 Å². The maximum Gasteiger partial charge on any atom is 0.170 e. The van der Waals surface area contributed by atoms with Gasteiger partial charge in [0.2, 0.25) is 0 Å². The smallest absolute Gasteiger partial charge is 0.170 e. The average molecular weight is 192 g/mol. The van der Waals surface area contributed by atoms with E-state index in [1.807, 2.05) is 11.7 Å². The minimum absolute atomic E-state index is 0.687. The summed E-state index contributed by atoms with van der Waals surface area (Å²) in [6, 6.07) is 2.19. The van der Waals surface area contributed by atoms with E-state index < -0.39 is 0 Å². The molecular weight excluding hydrogens is 180 g/mol. The average Bonchev–Trinajstić information content (AvgIpc) is 2.49. The van der Waals surface area contributed by atoms with Gasteiger partial charge in [0.25, 0.3) is 0 Å². The molecule has 0 bridgehead atoms. The van der Waals surface area contributed by atoms with E-state index in [1.165, 1.54) is 10.3 Å². The lowest BCUT2D eigenvalue weighted by Gasteiger charge is -2.03. The fraction of sp³-hybridized carbons (Fsp3) is 0.400. The first-order valence-electron chi connectivity index (χ1n) is 4.44. The molecule has 2 nitrogen and oxygen atoms in total. The van der Waals surface area contributed by atoms with E-state index in [0.29, 0.717) is 5.92 Å². The Morgan fingerprint density at radius 1 is 1.38 bits per heavy atom. The first-order valence-corrected chi connectivity index (χ1v) is 5.32. The Kier molecular flexibility index (Phi) is 2.27. The highest BCUT2D eigenvalue weighted by molar-refractivity contribution is 7.16. The molecule has 0 aliphatic rings. The summed E-state index contributed by atoms with van der Waals surface area (Å²) in [6.45, 7) is 4.44. The minimum atomic E-state index is 0.687. The molecule has 2 rings (SSSR count). The van der Waals surface area contributed by atoms with E-state index in [4.69, 9.17) is 0 Å². The first-order chi connectivity index (χ1) is 6.25. The summed E-state index contributed by atoms with van der Waals surface area (Å²) >= 11 is 1.65. The number of hydrogen-bond donors (Lipinski definition) is 0. The van der Waals surface area contributed by atoms with Crippen molar-refractivity contribution in [2.75, 3.05) is 0 Å². The summed E-state index contributed by atoms with van der Waals surface area (Å²) in [7, 11) is 0. The Morgan fingerprint density at radius 3 is 3.00 bits per heavy atom. The van der Waals surface area contributed by atoms with Crippen LogP contribution in [0.25, 0.3) is 10.3 Å². The normalized spacial score (nSPS) is 11.3. The molecular formula is C10H12N2S. The monoisotopic (exact) mass is 192 g/mol. The topological polar surface area (TPSA) is 25.8 Å². The molecule has 13 heavy (non-hydrogen) atoms. The highest BCUT2D eigenvalue weighted by Gasteiger charge is 2.01. The summed E-state index contributed by atoms with van der Waals surface area (Å²) in [5, 5.41) is 0. The molecule has 0 saturated carbocycles. The maximum absolute atomic E-state index is 4.29. The van der Waals surface area contributed by atoms with Crippen LogP contribution in [0.3, 0.4) is 0 Å². The number of thiazole rings is 1. The van der Waals surface area contributed by atoms with Crippen LogP contribution < -0.4 is 0 Å². The molecule has 0 aliphatic heterocycles. The highest BCUT2D eigenvalue weighted by Crippen LogP contribution is 2.18. The van der Waals surface area contributed by atoms with Gasteiger partial charge in [-0.05, 0) is 24.0 Å². The van der Waals surface area contributed by atoms with E-state index >= 15 is 0 Å². The predicted molar refractivity (Wildman–Crippen MR) is 56.0 cm³/mol. The van der Waals surface area contributed by atoms with Crippen LogP contribution in [-0.2, 0) is 6.42 Å². The van der Waals surface area contributed by atoms with Crippen LogP contribution in [0.5, 0.6) is 0 Å². The summed E-state index contributed by atoms with van der Waals surface area (Å²) < 4.78 is 1.19. The predicted octanol–water partition coefficient (Wildman–Crippen LogP) is 2.89. The number of hydrogen-bond acceptors (Lipinski definition) is 3. The zero-order valence-electron chi connectivity index (χ0n) is 7.82. The molecule has 3 heteroatoms. The second kappa shape index (κ2) is 3.42. The Labute approximate surface area is 81.7 Å². The summed E-state index contributed by atoms with van der Waals surface area (Å²) in [5.41, 5.74) is 4.03. The third-order valence-corrected chi connectivity index (χ3v) is 2.65. The molecule has 0 amide bonds. The maximum atomic E-state index is 4.29. The molecule has 0 fully saturated rings. The standard InChI is InChI=1S/C10H12N2S/c1-7(2)3-8-4-9-10(11-5-8)12-6-13-9/h4-7H,3H2,1-2H3. The molecule has 0 aliphatic carbocycles. The third kappa shape index (κ3) is 1.86. The van der Waals surface area contributed by atoms with Gasteiger partial charge in [-0.2, -0.15) is 0 Å². The molecule has 2 aromatic heterocycles. The quantitative estimate of drug-likeness (QED) is 0.731. The number of rotatable bonds is 2. The van der Waals surface area contributed by atoms with Gasteiger partial charge in [-0.15, -0.1) is 11.3 Å². The zero-order chi connectivity index (χ0) is 9.26. The van der Waals surface area contributed by atoms with Gasteiger partial charge >= 0.3 is 0 Å². The van der Waals surface area contributed by atoms with Crippen LogP contribution in [0.4, 0.5) is 0 Å². The van der Waals surface area contributed by atoms with Gasteiger partial charge in [-0.1, -0.05) is 13.8 Å². The van der Waals surface area contributed by atoms with E-state index in [2.05, 4.69) is 29.9 Å². The van der Waals surface area contributed by atoms with Crippen molar-refractivity contribution in [3.05, 3.63) is 23.3 Å². The van der Waals surface area contributed by atoms with Crippen LogP contribution >= 0.6 is 11.3 Å². The Balaban J connectivity index is 2.37. The zero-order valence-corrected chi connectivity index (χ0v) is 8.64. The lowest BCUT2D eigenvalue weighted by Crippen LogP contribution is -1.94. The van der Waals surface area contributed by atoms with Crippen molar-refractivity contribution in [2.45, 2.75) is 20.3 Å². The van der Waals surface area contributed by atoms with Gasteiger partial charge in [0, 0.05) is 6.20 Å². The molecule has 2 heterocycles. The summed E-state index contributed by atoms with van der Waals surface area (Å²) in [4.78, 5) is 8.44. The van der Waals surface area contributed by atoms with E-state index in [1.54, 1.807) is 11.3 Å². The SMILES string of the molecule is CC(C)Cc1cnc2ncsc2c1. The lowest BCUT2D eigenvalue weighted by atomic mass is 10.1. The number of aromatic nitrogens is 2. The molecule has 0 radical (unpaired) electrons. The number of pyridine rings is 1. The van der Waals surface area contributed by atoms with Crippen LogP contribution in [0.1, 0.15) is 19.4 Å². The van der Waals surface area contributed by atoms with Gasteiger partial charge < -0.3 is 0 Å². The molecule has 0 atom stereocenters. The van der Waals surface area contributed by atoms with Gasteiger partial charge in [0.05, 0.1) is 10.2 Å². The second-order valence-electron chi connectivity index (χ2n) is 3.62. The highest BCUT2D eigenvalue weighted by atomic mass is 32.1. The van der Waals surface area contributed by atoms with Crippen LogP contribution in [-0.4, -0.2) is 9.97 Å².